The summed E-state index contributed by atoms with van der Waals surface area (Å²) in [7, 11) is -0.964. The van der Waals surface area contributed by atoms with E-state index < -0.39 is 9.84 Å². The molecule has 0 rings (SSSR count). The first-order valence-corrected chi connectivity index (χ1v) is 7.22. The highest BCUT2D eigenvalue weighted by Crippen LogP contribution is 2.22. The highest BCUT2D eigenvalue weighted by molar-refractivity contribution is 7.90. The molecule has 4 nitrogen and oxygen atoms in total. The van der Waals surface area contributed by atoms with Crippen molar-refractivity contribution in [1.29, 1.82) is 0 Å². The van der Waals surface area contributed by atoms with Crippen molar-refractivity contribution in [3.63, 3.8) is 0 Å². The molecular formula is C10H24N2O2S. The van der Waals surface area contributed by atoms with E-state index in [2.05, 4.69) is 20.8 Å². The molecule has 0 aliphatic carbocycles. The van der Waals surface area contributed by atoms with E-state index >= 15 is 0 Å². The van der Waals surface area contributed by atoms with Crippen molar-refractivity contribution in [3.05, 3.63) is 0 Å². The van der Waals surface area contributed by atoms with Crippen LogP contribution in [0.25, 0.3) is 0 Å². The van der Waals surface area contributed by atoms with Gasteiger partial charge < -0.3 is 10.6 Å². The number of hydrogen-bond donors (Lipinski definition) is 1. The van der Waals surface area contributed by atoms with E-state index in [0.29, 0.717) is 13.1 Å². The summed E-state index contributed by atoms with van der Waals surface area (Å²) in [6, 6.07) is 0.208. The molecule has 0 aromatic carbocycles. The second kappa shape index (κ2) is 5.27. The predicted molar refractivity (Wildman–Crippen MR) is 64.6 cm³/mol. The van der Waals surface area contributed by atoms with Crippen molar-refractivity contribution in [2.24, 2.45) is 11.1 Å². The number of rotatable bonds is 5. The number of nitrogens with two attached hydrogens (primary N) is 1. The molecule has 0 heterocycles. The molecule has 0 spiro atoms. The van der Waals surface area contributed by atoms with Gasteiger partial charge in [-0.15, -0.1) is 0 Å². The SMILES string of the molecule is CN(CCS(C)(=O)=O)C(CN)C(C)(C)C. The van der Waals surface area contributed by atoms with Gasteiger partial charge in [-0.05, 0) is 12.5 Å². The molecule has 0 fully saturated rings. The average molecular weight is 236 g/mol. The van der Waals surface area contributed by atoms with Crippen LogP contribution in [0.15, 0.2) is 0 Å². The van der Waals surface area contributed by atoms with Crippen molar-refractivity contribution in [2.75, 3.05) is 32.1 Å². The Labute approximate surface area is 93.7 Å². The zero-order chi connectivity index (χ0) is 12.3. The second-order valence-corrected chi connectivity index (χ2v) is 7.49. The summed E-state index contributed by atoms with van der Waals surface area (Å²) in [4.78, 5) is 2.03. The zero-order valence-electron chi connectivity index (χ0n) is 10.4. The van der Waals surface area contributed by atoms with Gasteiger partial charge in [-0.2, -0.15) is 0 Å². The van der Waals surface area contributed by atoms with E-state index in [9.17, 15) is 8.42 Å². The van der Waals surface area contributed by atoms with Gasteiger partial charge in [-0.3, -0.25) is 0 Å². The van der Waals surface area contributed by atoms with Gasteiger partial charge in [-0.1, -0.05) is 20.8 Å². The molecule has 15 heavy (non-hydrogen) atoms. The topological polar surface area (TPSA) is 63.4 Å². The lowest BCUT2D eigenvalue weighted by Gasteiger charge is -2.37. The van der Waals surface area contributed by atoms with E-state index in [1.165, 1.54) is 6.26 Å². The third-order valence-electron chi connectivity index (χ3n) is 2.57. The van der Waals surface area contributed by atoms with Gasteiger partial charge in [0.15, 0.2) is 0 Å². The van der Waals surface area contributed by atoms with E-state index in [0.717, 1.165) is 0 Å². The van der Waals surface area contributed by atoms with E-state index in [-0.39, 0.29) is 17.2 Å². The number of hydrogen-bond acceptors (Lipinski definition) is 4. The van der Waals surface area contributed by atoms with E-state index in [1.807, 2.05) is 11.9 Å². The molecule has 5 heteroatoms. The quantitative estimate of drug-likeness (QED) is 0.747. The summed E-state index contributed by atoms with van der Waals surface area (Å²) < 4.78 is 22.1. The summed E-state index contributed by atoms with van der Waals surface area (Å²) in [6.45, 7) is 7.42. The fourth-order valence-corrected chi connectivity index (χ4v) is 2.28. The largest absolute Gasteiger partial charge is 0.329 e. The number of sulfone groups is 1. The van der Waals surface area contributed by atoms with Gasteiger partial charge in [0, 0.05) is 25.4 Å². The molecule has 0 aromatic rings. The smallest absolute Gasteiger partial charge is 0.148 e. The molecule has 92 valence electrons. The van der Waals surface area contributed by atoms with Crippen LogP contribution in [0.5, 0.6) is 0 Å². The van der Waals surface area contributed by atoms with Crippen LogP contribution in [0.1, 0.15) is 20.8 Å². The third kappa shape index (κ3) is 6.12. The maximum Gasteiger partial charge on any atom is 0.148 e. The van der Waals surface area contributed by atoms with Crippen molar-refractivity contribution >= 4 is 9.84 Å². The Morgan fingerprint density at radius 3 is 2.07 bits per heavy atom. The van der Waals surface area contributed by atoms with Gasteiger partial charge in [0.25, 0.3) is 0 Å². The zero-order valence-corrected chi connectivity index (χ0v) is 11.3. The first-order valence-electron chi connectivity index (χ1n) is 5.16. The Morgan fingerprint density at radius 2 is 1.80 bits per heavy atom. The van der Waals surface area contributed by atoms with Crippen molar-refractivity contribution in [3.8, 4) is 0 Å². The predicted octanol–water partition coefficient (Wildman–Crippen LogP) is 0.336. The van der Waals surface area contributed by atoms with Crippen LogP contribution in [-0.4, -0.2) is 51.5 Å². The molecular weight excluding hydrogens is 212 g/mol. The molecule has 0 aliphatic heterocycles. The van der Waals surface area contributed by atoms with E-state index in [1.54, 1.807) is 0 Å². The van der Waals surface area contributed by atoms with Crippen LogP contribution < -0.4 is 5.73 Å². The summed E-state index contributed by atoms with van der Waals surface area (Å²) in [6.07, 6.45) is 1.26. The Balaban J connectivity index is 4.36. The highest BCUT2D eigenvalue weighted by atomic mass is 32.2. The first-order chi connectivity index (χ1) is 6.58. The summed E-state index contributed by atoms with van der Waals surface area (Å²) in [5.41, 5.74) is 5.78. The lowest BCUT2D eigenvalue weighted by molar-refractivity contribution is 0.138. The molecule has 1 atom stereocenters. The van der Waals surface area contributed by atoms with Crippen LogP contribution in [0.2, 0.25) is 0 Å². The van der Waals surface area contributed by atoms with Crippen LogP contribution in [0.4, 0.5) is 0 Å². The van der Waals surface area contributed by atoms with Crippen LogP contribution in [0.3, 0.4) is 0 Å². The van der Waals surface area contributed by atoms with Gasteiger partial charge in [-0.25, -0.2) is 8.42 Å². The van der Waals surface area contributed by atoms with Gasteiger partial charge in [0.05, 0.1) is 5.75 Å². The minimum absolute atomic E-state index is 0.0704. The van der Waals surface area contributed by atoms with Crippen LogP contribution >= 0.6 is 0 Å². The fourth-order valence-electron chi connectivity index (χ4n) is 1.66. The van der Waals surface area contributed by atoms with Crippen molar-refractivity contribution < 1.29 is 8.42 Å². The maximum atomic E-state index is 11.0. The second-order valence-electron chi connectivity index (χ2n) is 5.23. The van der Waals surface area contributed by atoms with Crippen LogP contribution in [0, 0.1) is 5.41 Å². The van der Waals surface area contributed by atoms with Gasteiger partial charge >= 0.3 is 0 Å². The molecule has 1 unspecified atom stereocenters. The lowest BCUT2D eigenvalue weighted by Crippen LogP contribution is -2.48. The van der Waals surface area contributed by atoms with Crippen LogP contribution in [-0.2, 0) is 9.84 Å². The first kappa shape index (κ1) is 14.9. The molecule has 2 N–H and O–H groups in total. The van der Waals surface area contributed by atoms with E-state index in [4.69, 9.17) is 5.73 Å². The summed E-state index contributed by atoms with van der Waals surface area (Å²) in [5, 5.41) is 0. The standard InChI is InChI=1S/C10H24N2O2S/c1-10(2,3)9(8-11)12(4)6-7-15(5,13)14/h9H,6-8,11H2,1-5H3. The molecule has 0 radical (unpaired) electrons. The minimum atomic E-state index is -2.89. The Hall–Kier alpha value is -0.130. The lowest BCUT2D eigenvalue weighted by atomic mass is 9.86. The summed E-state index contributed by atoms with van der Waals surface area (Å²) in [5.74, 6) is 0.191. The maximum absolute atomic E-state index is 11.0. The summed E-state index contributed by atoms with van der Waals surface area (Å²) >= 11 is 0. The Bertz CT molecular complexity index is 280. The molecule has 0 amide bonds. The van der Waals surface area contributed by atoms with Crippen molar-refractivity contribution in [2.45, 2.75) is 26.8 Å². The molecule has 0 saturated heterocycles. The normalized spacial score (nSPS) is 15.7. The Kier molecular flexibility index (Phi) is 5.23. The molecule has 0 aromatic heterocycles. The fraction of sp³-hybridized carbons (Fsp3) is 1.00. The Morgan fingerprint density at radius 1 is 1.33 bits per heavy atom. The highest BCUT2D eigenvalue weighted by Gasteiger charge is 2.27. The monoisotopic (exact) mass is 236 g/mol. The van der Waals surface area contributed by atoms with Gasteiger partial charge in [0.2, 0.25) is 0 Å². The van der Waals surface area contributed by atoms with Gasteiger partial charge in [0.1, 0.15) is 9.84 Å². The average Bonchev–Trinajstić information content (AvgIpc) is 1.98. The minimum Gasteiger partial charge on any atom is -0.329 e. The number of nitrogens with zero attached hydrogens (tertiary/aromatic N) is 1. The van der Waals surface area contributed by atoms with Crippen molar-refractivity contribution in [1.82, 2.24) is 4.90 Å². The third-order valence-corrected chi connectivity index (χ3v) is 3.49. The molecule has 0 bridgehead atoms. The number of likely N-dealkylation sites (N-methyl/N-ethyl adjacent to an activating group) is 1. The molecule has 0 aliphatic rings. The molecule has 0 saturated carbocycles.